The van der Waals surface area contributed by atoms with E-state index in [1.807, 2.05) is 6.07 Å². The summed E-state index contributed by atoms with van der Waals surface area (Å²) < 4.78 is 18.9. The number of esters is 1. The molecule has 0 saturated heterocycles. The van der Waals surface area contributed by atoms with Gasteiger partial charge >= 0.3 is 5.97 Å². The van der Waals surface area contributed by atoms with Crippen molar-refractivity contribution in [3.63, 3.8) is 0 Å². The van der Waals surface area contributed by atoms with Gasteiger partial charge in [0.2, 0.25) is 0 Å². The highest BCUT2D eigenvalue weighted by Gasteiger charge is 2.24. The van der Waals surface area contributed by atoms with Crippen LogP contribution in [0.3, 0.4) is 0 Å². The minimum absolute atomic E-state index is 0.196. The molecule has 110 valence electrons. The van der Waals surface area contributed by atoms with Crippen LogP contribution in [0, 0.1) is 24.1 Å². The predicted octanol–water partition coefficient (Wildman–Crippen LogP) is 2.04. The predicted molar refractivity (Wildman–Crippen MR) is 81.4 cm³/mol. The monoisotopic (exact) mass is 296 g/mol. The molecule has 2 aromatic rings. The van der Waals surface area contributed by atoms with E-state index in [1.165, 1.54) is 13.2 Å². The Balaban J connectivity index is 2.59. The molecule has 22 heavy (non-hydrogen) atoms. The first-order chi connectivity index (χ1) is 10.5. The number of aryl methyl sites for hydroxylation is 1. The summed E-state index contributed by atoms with van der Waals surface area (Å²) in [7, 11) is 6.90. The number of halogens is 1. The number of fused-ring (bicyclic) bond motifs is 1. The van der Waals surface area contributed by atoms with Crippen LogP contribution in [0.2, 0.25) is 0 Å². The first kappa shape index (κ1) is 16.0. The molecule has 2 radical (unpaired) electrons. The zero-order valence-electron chi connectivity index (χ0n) is 12.4. The Morgan fingerprint density at radius 1 is 1.50 bits per heavy atom. The molecule has 1 aromatic carbocycles. The van der Waals surface area contributed by atoms with Crippen molar-refractivity contribution in [3.8, 4) is 6.07 Å². The van der Waals surface area contributed by atoms with Gasteiger partial charge in [-0.15, -0.1) is 0 Å². The molecule has 0 aliphatic rings. The largest absolute Gasteiger partial charge is 0.469 e. The average Bonchev–Trinajstić information content (AvgIpc) is 2.47. The minimum atomic E-state index is -0.640. The third-order valence-electron chi connectivity index (χ3n) is 3.54. The molecule has 1 unspecified atom stereocenters. The SMILES string of the molecule is [B]c1cc(F)c2cc(C(CCC#N)C(=O)OC)c(C)nc2c1. The fraction of sp³-hybridized carbons (Fsp3) is 0.312. The molecule has 0 spiro atoms. The van der Waals surface area contributed by atoms with Gasteiger partial charge in [0.05, 0.1) is 24.6 Å². The van der Waals surface area contributed by atoms with Crippen LogP contribution >= 0.6 is 0 Å². The third-order valence-corrected chi connectivity index (χ3v) is 3.54. The van der Waals surface area contributed by atoms with E-state index in [0.717, 1.165) is 0 Å². The zero-order chi connectivity index (χ0) is 16.3. The van der Waals surface area contributed by atoms with Gasteiger partial charge in [0.25, 0.3) is 0 Å². The van der Waals surface area contributed by atoms with E-state index in [2.05, 4.69) is 4.98 Å². The molecule has 1 atom stereocenters. The number of methoxy groups -OCH3 is 1. The molecule has 2 rings (SSSR count). The summed E-state index contributed by atoms with van der Waals surface area (Å²) in [6.45, 7) is 1.73. The van der Waals surface area contributed by atoms with Crippen molar-refractivity contribution < 1.29 is 13.9 Å². The van der Waals surface area contributed by atoms with Crippen LogP contribution in [-0.2, 0) is 9.53 Å². The number of aromatic nitrogens is 1. The lowest BCUT2D eigenvalue weighted by atomic mass is 9.90. The van der Waals surface area contributed by atoms with E-state index in [1.54, 1.807) is 19.1 Å². The molecule has 6 heteroatoms. The lowest BCUT2D eigenvalue weighted by Gasteiger charge is -2.17. The third kappa shape index (κ3) is 3.09. The van der Waals surface area contributed by atoms with Gasteiger partial charge in [0.15, 0.2) is 0 Å². The molecule has 0 aliphatic heterocycles. The van der Waals surface area contributed by atoms with Gasteiger partial charge in [-0.2, -0.15) is 5.26 Å². The average molecular weight is 296 g/mol. The molecule has 4 nitrogen and oxygen atoms in total. The number of hydrogen-bond acceptors (Lipinski definition) is 4. The Labute approximate surface area is 129 Å². The maximum absolute atomic E-state index is 14.1. The number of rotatable bonds is 4. The summed E-state index contributed by atoms with van der Waals surface area (Å²) >= 11 is 0. The van der Waals surface area contributed by atoms with Crippen molar-refractivity contribution in [1.82, 2.24) is 4.98 Å². The van der Waals surface area contributed by atoms with E-state index in [9.17, 15) is 9.18 Å². The molecular formula is C16H14BFN2O2. The summed E-state index contributed by atoms with van der Waals surface area (Å²) in [5.41, 5.74) is 1.88. The number of carbonyl (C=O) groups excluding carboxylic acids is 1. The van der Waals surface area contributed by atoms with Crippen molar-refractivity contribution >= 4 is 30.2 Å². The van der Waals surface area contributed by atoms with E-state index in [-0.39, 0.29) is 6.42 Å². The summed E-state index contributed by atoms with van der Waals surface area (Å²) in [6.07, 6.45) is 0.495. The van der Waals surface area contributed by atoms with Gasteiger partial charge in [-0.3, -0.25) is 9.78 Å². The maximum Gasteiger partial charge on any atom is 0.313 e. The molecule has 0 N–H and O–H groups in total. The van der Waals surface area contributed by atoms with Crippen LogP contribution in [0.5, 0.6) is 0 Å². The number of hydrogen-bond donors (Lipinski definition) is 0. The Kier molecular flexibility index (Phi) is 4.76. The number of ether oxygens (including phenoxy) is 1. The maximum atomic E-state index is 14.1. The lowest BCUT2D eigenvalue weighted by molar-refractivity contribution is -0.142. The number of benzene rings is 1. The molecule has 0 bridgehead atoms. The zero-order valence-corrected chi connectivity index (χ0v) is 12.4. The fourth-order valence-corrected chi connectivity index (χ4v) is 2.47. The lowest BCUT2D eigenvalue weighted by Crippen LogP contribution is -2.16. The second-order valence-corrected chi connectivity index (χ2v) is 5.00. The number of nitrogens with zero attached hydrogens (tertiary/aromatic N) is 2. The van der Waals surface area contributed by atoms with Crippen LogP contribution in [0.15, 0.2) is 18.2 Å². The van der Waals surface area contributed by atoms with Crippen LogP contribution in [0.4, 0.5) is 4.39 Å². The van der Waals surface area contributed by atoms with Crippen molar-refractivity contribution in [2.75, 3.05) is 7.11 Å². The summed E-state index contributed by atoms with van der Waals surface area (Å²) in [6, 6.07) is 6.39. The first-order valence-electron chi connectivity index (χ1n) is 6.79. The quantitative estimate of drug-likeness (QED) is 0.640. The second-order valence-electron chi connectivity index (χ2n) is 5.00. The van der Waals surface area contributed by atoms with Crippen molar-refractivity contribution in [2.24, 2.45) is 0 Å². The second kappa shape index (κ2) is 6.57. The van der Waals surface area contributed by atoms with Crippen LogP contribution in [0.1, 0.15) is 30.0 Å². The molecule has 0 amide bonds. The molecule has 1 aromatic heterocycles. The minimum Gasteiger partial charge on any atom is -0.469 e. The van der Waals surface area contributed by atoms with E-state index in [4.69, 9.17) is 17.8 Å². The van der Waals surface area contributed by atoms with Gasteiger partial charge in [0, 0.05) is 17.5 Å². The number of carbonyl (C=O) groups is 1. The topological polar surface area (TPSA) is 63.0 Å². The highest BCUT2D eigenvalue weighted by atomic mass is 19.1. The summed E-state index contributed by atoms with van der Waals surface area (Å²) in [5.74, 6) is -1.60. The van der Waals surface area contributed by atoms with E-state index >= 15 is 0 Å². The summed E-state index contributed by atoms with van der Waals surface area (Å²) in [4.78, 5) is 16.3. The highest BCUT2D eigenvalue weighted by molar-refractivity contribution is 6.33. The van der Waals surface area contributed by atoms with Crippen molar-refractivity contribution in [2.45, 2.75) is 25.7 Å². The van der Waals surface area contributed by atoms with Gasteiger partial charge < -0.3 is 4.74 Å². The smallest absolute Gasteiger partial charge is 0.313 e. The van der Waals surface area contributed by atoms with Gasteiger partial charge in [-0.25, -0.2) is 4.39 Å². The van der Waals surface area contributed by atoms with Crippen LogP contribution < -0.4 is 5.46 Å². The normalized spacial score (nSPS) is 11.9. The fourth-order valence-electron chi connectivity index (χ4n) is 2.47. The van der Waals surface area contributed by atoms with E-state index in [0.29, 0.717) is 34.0 Å². The summed E-state index contributed by atoms with van der Waals surface area (Å²) in [5, 5.41) is 9.03. The highest BCUT2D eigenvalue weighted by Crippen LogP contribution is 2.28. The molecule has 0 aliphatic carbocycles. The Morgan fingerprint density at radius 2 is 2.23 bits per heavy atom. The number of pyridine rings is 1. The van der Waals surface area contributed by atoms with E-state index < -0.39 is 17.7 Å². The van der Waals surface area contributed by atoms with Gasteiger partial charge in [-0.05, 0) is 37.1 Å². The van der Waals surface area contributed by atoms with Crippen molar-refractivity contribution in [3.05, 3.63) is 35.3 Å². The standard InChI is InChI=1S/C16H14BFN2O2/c1-9-12(11(4-3-5-19)16(21)22-2)8-13-14(18)6-10(17)7-15(13)20-9/h6-8,11H,3-4H2,1-2H3. The molecule has 1 heterocycles. The molecule has 0 saturated carbocycles. The Morgan fingerprint density at radius 3 is 2.86 bits per heavy atom. The Bertz CT molecular complexity index is 771. The van der Waals surface area contributed by atoms with Crippen molar-refractivity contribution in [1.29, 1.82) is 5.26 Å². The van der Waals surface area contributed by atoms with Gasteiger partial charge in [0.1, 0.15) is 13.7 Å². The molecule has 0 fully saturated rings. The number of nitriles is 1. The van der Waals surface area contributed by atoms with Crippen LogP contribution in [-0.4, -0.2) is 25.9 Å². The first-order valence-corrected chi connectivity index (χ1v) is 6.79. The molecular weight excluding hydrogens is 282 g/mol. The Hall–Kier alpha value is -2.42. The van der Waals surface area contributed by atoms with Gasteiger partial charge in [-0.1, -0.05) is 5.46 Å². The van der Waals surface area contributed by atoms with Crippen LogP contribution in [0.25, 0.3) is 10.9 Å².